The van der Waals surface area contributed by atoms with Crippen molar-refractivity contribution < 1.29 is 14.3 Å². The molecule has 130 valence electrons. The molecule has 3 rings (SSSR count). The maximum Gasteiger partial charge on any atom is 0.325 e. The Labute approximate surface area is 151 Å². The molecule has 2 aromatic carbocycles. The van der Waals surface area contributed by atoms with Crippen LogP contribution in [0.1, 0.15) is 23.6 Å². The highest BCUT2D eigenvalue weighted by Crippen LogP contribution is 2.33. The second kappa shape index (κ2) is 6.41. The molecular weight excluding hydrogens is 340 g/mol. The summed E-state index contributed by atoms with van der Waals surface area (Å²) in [5.41, 5.74) is 1.22. The summed E-state index contributed by atoms with van der Waals surface area (Å²) in [5, 5.41) is 3.33. The van der Waals surface area contributed by atoms with E-state index in [0.29, 0.717) is 10.6 Å². The molecule has 1 N–H and O–H groups in total. The van der Waals surface area contributed by atoms with Crippen molar-refractivity contribution >= 4 is 23.5 Å². The van der Waals surface area contributed by atoms with Gasteiger partial charge < -0.3 is 10.1 Å². The Hall–Kier alpha value is -2.53. The zero-order chi connectivity index (χ0) is 18.2. The third-order valence-electron chi connectivity index (χ3n) is 4.53. The summed E-state index contributed by atoms with van der Waals surface area (Å²) < 4.78 is 5.26. The van der Waals surface area contributed by atoms with Gasteiger partial charge in [-0.2, -0.15) is 0 Å². The van der Waals surface area contributed by atoms with Crippen molar-refractivity contribution in [3.8, 4) is 5.75 Å². The van der Waals surface area contributed by atoms with Crippen LogP contribution in [0.5, 0.6) is 5.75 Å². The molecule has 5 nitrogen and oxygen atoms in total. The number of benzene rings is 2. The normalized spacial score (nSPS) is 19.9. The van der Waals surface area contributed by atoms with Gasteiger partial charge in [-0.1, -0.05) is 35.9 Å². The van der Waals surface area contributed by atoms with Crippen LogP contribution < -0.4 is 10.1 Å². The largest absolute Gasteiger partial charge is 0.496 e. The number of rotatable bonds is 4. The number of nitrogens with one attached hydrogen (secondary N) is 1. The third-order valence-corrected chi connectivity index (χ3v) is 4.90. The number of carbonyl (C=O) groups is 2. The minimum absolute atomic E-state index is 0.134. The lowest BCUT2D eigenvalue weighted by Crippen LogP contribution is -2.40. The van der Waals surface area contributed by atoms with Crippen LogP contribution in [0.15, 0.2) is 42.5 Å². The highest BCUT2D eigenvalue weighted by molar-refractivity contribution is 6.31. The first-order valence-electron chi connectivity index (χ1n) is 7.89. The van der Waals surface area contributed by atoms with Gasteiger partial charge in [0.15, 0.2) is 0 Å². The summed E-state index contributed by atoms with van der Waals surface area (Å²) in [6.07, 6.45) is 0. The first kappa shape index (κ1) is 17.3. The van der Waals surface area contributed by atoms with E-state index in [4.69, 9.17) is 16.3 Å². The van der Waals surface area contributed by atoms with Crippen LogP contribution in [0.2, 0.25) is 5.02 Å². The number of urea groups is 1. The lowest BCUT2D eigenvalue weighted by Gasteiger charge is -2.23. The van der Waals surface area contributed by atoms with E-state index in [2.05, 4.69) is 5.32 Å². The molecule has 3 amide bonds. The maximum absolute atomic E-state index is 13.0. The molecule has 1 unspecified atom stereocenters. The van der Waals surface area contributed by atoms with Gasteiger partial charge in [-0.15, -0.1) is 0 Å². The molecule has 1 atom stereocenters. The molecule has 1 aliphatic rings. The molecule has 25 heavy (non-hydrogen) atoms. The number of hydrogen-bond donors (Lipinski definition) is 1. The van der Waals surface area contributed by atoms with Gasteiger partial charge in [0.1, 0.15) is 11.3 Å². The van der Waals surface area contributed by atoms with Crippen LogP contribution in [0.4, 0.5) is 4.79 Å². The molecule has 0 bridgehead atoms. The van der Waals surface area contributed by atoms with E-state index in [1.807, 2.05) is 25.1 Å². The van der Waals surface area contributed by atoms with Crippen molar-refractivity contribution in [1.82, 2.24) is 10.2 Å². The van der Waals surface area contributed by atoms with Gasteiger partial charge in [0.25, 0.3) is 5.91 Å². The van der Waals surface area contributed by atoms with E-state index in [9.17, 15) is 9.59 Å². The number of carbonyl (C=O) groups excluding carboxylic acids is 2. The van der Waals surface area contributed by atoms with E-state index >= 15 is 0 Å². The minimum atomic E-state index is -1.12. The summed E-state index contributed by atoms with van der Waals surface area (Å²) in [5.74, 6) is 0.430. The van der Waals surface area contributed by atoms with E-state index in [0.717, 1.165) is 16.9 Å². The standard InChI is InChI=1S/C19H19ClN2O3/c1-12-10-14(8-9-16(12)25-3)19(2)17(23)22(18(24)21-19)11-13-6-4-5-7-15(13)20/h4-10H,11H2,1-3H3,(H,21,24). The molecule has 0 aliphatic carbocycles. The first-order chi connectivity index (χ1) is 11.9. The number of hydrogen-bond acceptors (Lipinski definition) is 3. The number of halogens is 1. The Balaban J connectivity index is 1.92. The SMILES string of the molecule is COc1ccc(C2(C)NC(=O)N(Cc3ccccc3Cl)C2=O)cc1C. The molecule has 1 fully saturated rings. The molecule has 0 aromatic heterocycles. The molecule has 0 saturated carbocycles. The molecule has 0 radical (unpaired) electrons. The zero-order valence-electron chi connectivity index (χ0n) is 14.3. The van der Waals surface area contributed by atoms with Gasteiger partial charge >= 0.3 is 6.03 Å². The summed E-state index contributed by atoms with van der Waals surface area (Å²) in [7, 11) is 1.59. The monoisotopic (exact) mass is 358 g/mol. The molecule has 1 saturated heterocycles. The fourth-order valence-corrected chi connectivity index (χ4v) is 3.22. The molecule has 6 heteroatoms. The van der Waals surface area contributed by atoms with Crippen LogP contribution in [0.25, 0.3) is 0 Å². The highest BCUT2D eigenvalue weighted by atomic mass is 35.5. The first-order valence-corrected chi connectivity index (χ1v) is 8.27. The average Bonchev–Trinajstić information content (AvgIpc) is 2.81. The number of imide groups is 1. The van der Waals surface area contributed by atoms with Gasteiger partial charge in [-0.05, 0) is 48.7 Å². The Morgan fingerprint density at radius 3 is 2.56 bits per heavy atom. The predicted molar refractivity (Wildman–Crippen MR) is 95.6 cm³/mol. The maximum atomic E-state index is 13.0. The van der Waals surface area contributed by atoms with Crippen molar-refractivity contribution in [2.75, 3.05) is 7.11 Å². The van der Waals surface area contributed by atoms with E-state index in [1.54, 1.807) is 38.3 Å². The summed E-state index contributed by atoms with van der Waals surface area (Å²) >= 11 is 6.16. The van der Waals surface area contributed by atoms with Crippen LogP contribution in [-0.2, 0) is 16.9 Å². The molecular formula is C19H19ClN2O3. The Morgan fingerprint density at radius 1 is 1.20 bits per heavy atom. The lowest BCUT2D eigenvalue weighted by molar-refractivity contribution is -0.131. The van der Waals surface area contributed by atoms with Crippen LogP contribution in [0.3, 0.4) is 0 Å². The summed E-state index contributed by atoms with van der Waals surface area (Å²) in [4.78, 5) is 26.6. The van der Waals surface area contributed by atoms with Crippen molar-refractivity contribution in [2.45, 2.75) is 25.9 Å². The molecule has 2 aromatic rings. The van der Waals surface area contributed by atoms with Gasteiger partial charge in [0, 0.05) is 5.02 Å². The number of nitrogens with zero attached hydrogens (tertiary/aromatic N) is 1. The van der Waals surface area contributed by atoms with E-state index < -0.39 is 11.6 Å². The van der Waals surface area contributed by atoms with Gasteiger partial charge in [-0.25, -0.2) is 4.79 Å². The predicted octanol–water partition coefficient (Wildman–Crippen LogP) is 3.62. The van der Waals surface area contributed by atoms with Crippen molar-refractivity contribution in [3.63, 3.8) is 0 Å². The number of aryl methyl sites for hydroxylation is 1. The molecule has 1 heterocycles. The molecule has 1 aliphatic heterocycles. The zero-order valence-corrected chi connectivity index (χ0v) is 15.1. The highest BCUT2D eigenvalue weighted by Gasteiger charge is 2.49. The fraction of sp³-hybridized carbons (Fsp3) is 0.263. The average molecular weight is 359 g/mol. The second-order valence-electron chi connectivity index (χ2n) is 6.22. The van der Waals surface area contributed by atoms with Crippen LogP contribution >= 0.6 is 11.6 Å². The quantitative estimate of drug-likeness (QED) is 0.849. The molecule has 0 spiro atoms. The second-order valence-corrected chi connectivity index (χ2v) is 6.63. The van der Waals surface area contributed by atoms with Crippen molar-refractivity contribution in [3.05, 3.63) is 64.2 Å². The number of methoxy groups -OCH3 is 1. The van der Waals surface area contributed by atoms with Gasteiger partial charge in [0.05, 0.1) is 13.7 Å². The summed E-state index contributed by atoms with van der Waals surface area (Å²) in [6.45, 7) is 3.74. The topological polar surface area (TPSA) is 58.6 Å². The van der Waals surface area contributed by atoms with Crippen molar-refractivity contribution in [2.24, 2.45) is 0 Å². The summed E-state index contributed by atoms with van der Waals surface area (Å²) in [6, 6.07) is 12.2. The van der Waals surface area contributed by atoms with E-state index in [1.165, 1.54) is 4.90 Å². The Morgan fingerprint density at radius 2 is 1.92 bits per heavy atom. The number of ether oxygens (including phenoxy) is 1. The number of amides is 3. The van der Waals surface area contributed by atoms with E-state index in [-0.39, 0.29) is 12.5 Å². The third kappa shape index (κ3) is 2.96. The fourth-order valence-electron chi connectivity index (χ4n) is 3.02. The van der Waals surface area contributed by atoms with Gasteiger partial charge in [0.2, 0.25) is 0 Å². The van der Waals surface area contributed by atoms with Crippen molar-refractivity contribution in [1.29, 1.82) is 0 Å². The lowest BCUT2D eigenvalue weighted by atomic mass is 9.90. The van der Waals surface area contributed by atoms with Crippen LogP contribution in [0, 0.1) is 6.92 Å². The minimum Gasteiger partial charge on any atom is -0.496 e. The van der Waals surface area contributed by atoms with Crippen LogP contribution in [-0.4, -0.2) is 23.9 Å². The van der Waals surface area contributed by atoms with Gasteiger partial charge in [-0.3, -0.25) is 9.69 Å². The smallest absolute Gasteiger partial charge is 0.325 e. The Kier molecular flexibility index (Phi) is 4.43. The Bertz CT molecular complexity index is 852.